The quantitative estimate of drug-likeness (QED) is 0.243. The number of aromatic nitrogens is 2. The van der Waals surface area contributed by atoms with E-state index in [-0.39, 0.29) is 22.9 Å². The number of rotatable bonds is 7. The lowest BCUT2D eigenvalue weighted by atomic mass is 9.83. The average Bonchev–Trinajstić information content (AvgIpc) is 3.41. The van der Waals surface area contributed by atoms with Crippen LogP contribution in [0.2, 0.25) is 0 Å². The molecule has 1 aromatic heterocycles. The van der Waals surface area contributed by atoms with Crippen LogP contribution >= 0.6 is 0 Å². The van der Waals surface area contributed by atoms with Gasteiger partial charge in [-0.15, -0.1) is 0 Å². The first-order valence-electron chi connectivity index (χ1n) is 14.9. The predicted molar refractivity (Wildman–Crippen MR) is 169 cm³/mol. The van der Waals surface area contributed by atoms with Crippen LogP contribution in [0.4, 0.5) is 5.82 Å². The molecule has 3 aromatic carbocycles. The summed E-state index contributed by atoms with van der Waals surface area (Å²) in [6, 6.07) is 28.1. The molecule has 2 N–H and O–H groups in total. The molecule has 2 heterocycles. The van der Waals surface area contributed by atoms with Crippen molar-refractivity contribution in [2.75, 3.05) is 5.32 Å². The van der Waals surface area contributed by atoms with Crippen LogP contribution in [0.5, 0.6) is 0 Å². The van der Waals surface area contributed by atoms with Gasteiger partial charge in [-0.1, -0.05) is 113 Å². The Bertz CT molecular complexity index is 1490. The maximum absolute atomic E-state index is 13.9. The number of amides is 1. The zero-order valence-electron chi connectivity index (χ0n) is 25.6. The fourth-order valence-corrected chi connectivity index (χ4v) is 6.14. The molecule has 1 atom stereocenters. The van der Waals surface area contributed by atoms with Crippen molar-refractivity contribution >= 4 is 11.7 Å². The molecule has 1 aliphatic rings. The summed E-state index contributed by atoms with van der Waals surface area (Å²) < 4.78 is 1.97. The molecule has 0 aliphatic carbocycles. The van der Waals surface area contributed by atoms with E-state index in [4.69, 9.17) is 0 Å². The normalized spacial score (nSPS) is 16.5. The Kier molecular flexibility index (Phi) is 7.58. The van der Waals surface area contributed by atoms with Crippen LogP contribution < -0.4 is 10.6 Å². The summed E-state index contributed by atoms with van der Waals surface area (Å²) in [6.07, 6.45) is 4.16. The second-order valence-corrected chi connectivity index (χ2v) is 13.1. The second kappa shape index (κ2) is 10.8. The van der Waals surface area contributed by atoms with Crippen LogP contribution in [0.15, 0.2) is 85.1 Å². The summed E-state index contributed by atoms with van der Waals surface area (Å²) in [6.45, 7) is 15.4. The van der Waals surface area contributed by atoms with Gasteiger partial charge in [0.25, 0.3) is 5.91 Å². The highest BCUT2D eigenvalue weighted by Gasteiger charge is 2.38. The van der Waals surface area contributed by atoms with Gasteiger partial charge in [0.2, 0.25) is 0 Å². The van der Waals surface area contributed by atoms with Crippen molar-refractivity contribution < 1.29 is 4.79 Å². The van der Waals surface area contributed by atoms with E-state index in [1.165, 1.54) is 22.3 Å². The van der Waals surface area contributed by atoms with Crippen molar-refractivity contribution in [3.8, 4) is 11.1 Å². The first-order valence-corrected chi connectivity index (χ1v) is 14.9. The van der Waals surface area contributed by atoms with E-state index < -0.39 is 5.54 Å². The highest BCUT2D eigenvalue weighted by atomic mass is 16.1. The highest BCUT2D eigenvalue weighted by molar-refractivity contribution is 5.99. The first-order chi connectivity index (χ1) is 19.5. The zero-order valence-corrected chi connectivity index (χ0v) is 25.6. The Labute approximate surface area is 245 Å². The van der Waals surface area contributed by atoms with Crippen LogP contribution in [0.1, 0.15) is 101 Å². The van der Waals surface area contributed by atoms with Crippen molar-refractivity contribution in [2.24, 2.45) is 0 Å². The summed E-state index contributed by atoms with van der Waals surface area (Å²) in [4.78, 5) is 13.9. The first kappa shape index (κ1) is 28.7. The smallest absolute Gasteiger partial charge is 0.257 e. The van der Waals surface area contributed by atoms with E-state index in [0.29, 0.717) is 5.56 Å². The number of fused-ring (bicyclic) bond motifs is 1. The monoisotopic (exact) mass is 548 g/mol. The summed E-state index contributed by atoms with van der Waals surface area (Å²) >= 11 is 0. The van der Waals surface area contributed by atoms with Crippen molar-refractivity contribution in [2.45, 2.75) is 90.3 Å². The lowest BCUT2D eigenvalue weighted by Crippen LogP contribution is -2.45. The number of nitrogens with one attached hydrogen (secondary N) is 2. The minimum Gasteiger partial charge on any atom is -0.363 e. The standard InChI is InChI=1S/C36H44N4O/c1-8-36(9-2,29-21-17-26(18-22-29)25-15-19-28(20-16-25)34(3,4)5)39-33(41)30-24-37-40-32(30)38-31(23-35(40,6)7)27-13-11-10-12-14-27/h10-22,24,31,38H,8-9,23H2,1-7H3,(H,39,41). The molecule has 0 spiro atoms. The Balaban J connectivity index is 1.40. The SMILES string of the molecule is CCC(CC)(NC(=O)c1cnn2c1NC(c1ccccc1)CC2(C)C)c1ccc(-c2ccc(C(C)(C)C)cc2)cc1. The van der Waals surface area contributed by atoms with Crippen LogP contribution in [-0.4, -0.2) is 15.7 Å². The van der Waals surface area contributed by atoms with Crippen LogP contribution in [0.25, 0.3) is 11.1 Å². The van der Waals surface area contributed by atoms with Gasteiger partial charge in [-0.05, 0) is 66.3 Å². The van der Waals surface area contributed by atoms with Gasteiger partial charge in [-0.25, -0.2) is 4.68 Å². The van der Waals surface area contributed by atoms with E-state index >= 15 is 0 Å². The van der Waals surface area contributed by atoms with Crippen LogP contribution in [0.3, 0.4) is 0 Å². The Morgan fingerprint density at radius 1 is 0.902 bits per heavy atom. The van der Waals surface area contributed by atoms with Crippen molar-refractivity contribution in [1.29, 1.82) is 0 Å². The Morgan fingerprint density at radius 3 is 2.00 bits per heavy atom. The molecule has 0 radical (unpaired) electrons. The third kappa shape index (κ3) is 5.55. The van der Waals surface area contributed by atoms with Gasteiger partial charge < -0.3 is 10.6 Å². The fraction of sp³-hybridized carbons (Fsp3) is 0.389. The van der Waals surface area contributed by atoms with Gasteiger partial charge in [-0.3, -0.25) is 4.79 Å². The Hall–Kier alpha value is -3.86. The third-order valence-corrected chi connectivity index (χ3v) is 8.89. The van der Waals surface area contributed by atoms with E-state index in [0.717, 1.165) is 30.6 Å². The van der Waals surface area contributed by atoms with Gasteiger partial charge in [0.1, 0.15) is 11.4 Å². The van der Waals surface area contributed by atoms with Crippen LogP contribution in [-0.2, 0) is 16.5 Å². The summed E-state index contributed by atoms with van der Waals surface area (Å²) in [7, 11) is 0. The van der Waals surface area contributed by atoms with Gasteiger partial charge in [0.15, 0.2) is 0 Å². The highest BCUT2D eigenvalue weighted by Crippen LogP contribution is 2.40. The molecule has 1 amide bonds. The number of carbonyl (C=O) groups excluding carboxylic acids is 1. The Morgan fingerprint density at radius 2 is 1.46 bits per heavy atom. The molecule has 0 saturated carbocycles. The van der Waals surface area contributed by atoms with E-state index in [1.807, 2.05) is 10.7 Å². The summed E-state index contributed by atoms with van der Waals surface area (Å²) in [5.74, 6) is 0.677. The molecular formula is C36H44N4O. The lowest BCUT2D eigenvalue weighted by Gasteiger charge is -2.38. The molecule has 4 aromatic rings. The topological polar surface area (TPSA) is 59.0 Å². The predicted octanol–water partition coefficient (Wildman–Crippen LogP) is 8.58. The fourth-order valence-electron chi connectivity index (χ4n) is 6.14. The van der Waals surface area contributed by atoms with Gasteiger partial charge in [0, 0.05) is 0 Å². The third-order valence-electron chi connectivity index (χ3n) is 8.89. The molecular weight excluding hydrogens is 504 g/mol. The second-order valence-electron chi connectivity index (χ2n) is 13.1. The number of benzene rings is 3. The summed E-state index contributed by atoms with van der Waals surface area (Å²) in [5.41, 5.74) is 6.02. The van der Waals surface area contributed by atoms with Crippen molar-refractivity contribution in [3.05, 3.63) is 107 Å². The molecule has 5 heteroatoms. The molecule has 1 unspecified atom stereocenters. The summed E-state index contributed by atoms with van der Waals surface area (Å²) in [5, 5.41) is 11.7. The number of carbonyl (C=O) groups is 1. The maximum atomic E-state index is 13.9. The molecule has 0 fully saturated rings. The molecule has 5 nitrogen and oxygen atoms in total. The molecule has 41 heavy (non-hydrogen) atoms. The average molecular weight is 549 g/mol. The minimum atomic E-state index is -0.483. The molecule has 214 valence electrons. The molecule has 0 saturated heterocycles. The van der Waals surface area contributed by atoms with Gasteiger partial charge in [-0.2, -0.15) is 5.10 Å². The molecule has 0 bridgehead atoms. The number of anilines is 1. The van der Waals surface area contributed by atoms with E-state index in [2.05, 4.69) is 137 Å². The van der Waals surface area contributed by atoms with Crippen molar-refractivity contribution in [1.82, 2.24) is 15.1 Å². The van der Waals surface area contributed by atoms with Crippen LogP contribution in [0, 0.1) is 0 Å². The number of hydrogen-bond acceptors (Lipinski definition) is 3. The zero-order chi connectivity index (χ0) is 29.4. The number of hydrogen-bond donors (Lipinski definition) is 2. The maximum Gasteiger partial charge on any atom is 0.257 e. The van der Waals surface area contributed by atoms with Gasteiger partial charge >= 0.3 is 0 Å². The number of nitrogens with zero attached hydrogens (tertiary/aromatic N) is 2. The van der Waals surface area contributed by atoms with E-state index in [9.17, 15) is 4.79 Å². The van der Waals surface area contributed by atoms with Gasteiger partial charge in [0.05, 0.1) is 23.3 Å². The lowest BCUT2D eigenvalue weighted by molar-refractivity contribution is 0.0890. The minimum absolute atomic E-state index is 0.103. The van der Waals surface area contributed by atoms with E-state index in [1.54, 1.807) is 6.20 Å². The molecule has 5 rings (SSSR count). The largest absolute Gasteiger partial charge is 0.363 e. The van der Waals surface area contributed by atoms with Crippen molar-refractivity contribution in [3.63, 3.8) is 0 Å². The molecule has 1 aliphatic heterocycles.